The zero-order valence-corrected chi connectivity index (χ0v) is 12.9. The van der Waals surface area contributed by atoms with Gasteiger partial charge in [-0.2, -0.15) is 0 Å². The molecule has 0 aromatic rings. The van der Waals surface area contributed by atoms with Gasteiger partial charge in [0.2, 0.25) is 5.91 Å². The lowest BCUT2D eigenvalue weighted by Gasteiger charge is -2.28. The number of carbonyl (C=O) groups excluding carboxylic acids is 1. The summed E-state index contributed by atoms with van der Waals surface area (Å²) in [6, 6.07) is 0. The zero-order valence-electron chi connectivity index (χ0n) is 12.9. The van der Waals surface area contributed by atoms with E-state index < -0.39 is 0 Å². The minimum atomic E-state index is -0.163. The van der Waals surface area contributed by atoms with Crippen LogP contribution in [0.25, 0.3) is 0 Å². The summed E-state index contributed by atoms with van der Waals surface area (Å²) < 4.78 is 0. The molecule has 1 heterocycles. The Morgan fingerprint density at radius 1 is 1.37 bits per heavy atom. The van der Waals surface area contributed by atoms with E-state index in [1.807, 2.05) is 0 Å². The van der Waals surface area contributed by atoms with Crippen LogP contribution >= 0.6 is 0 Å². The standard InChI is InChI=1S/C15H29N3O/c1-5-17(6-2)10-7-11-18-13(12(3)4)16-15(8-9-15)14(18)19/h12-13,16H,5-11H2,1-4H3. The maximum absolute atomic E-state index is 12.5. The monoisotopic (exact) mass is 267 g/mol. The van der Waals surface area contributed by atoms with Crippen molar-refractivity contribution < 1.29 is 4.79 Å². The van der Waals surface area contributed by atoms with Crippen molar-refractivity contribution in [2.45, 2.75) is 58.7 Å². The summed E-state index contributed by atoms with van der Waals surface area (Å²) in [5.74, 6) is 0.836. The van der Waals surface area contributed by atoms with E-state index in [1.54, 1.807) is 0 Å². The second-order valence-electron chi connectivity index (χ2n) is 6.29. The molecule has 1 saturated carbocycles. The van der Waals surface area contributed by atoms with Crippen molar-refractivity contribution in [1.82, 2.24) is 15.1 Å². The average molecular weight is 267 g/mol. The Labute approximate surface area is 117 Å². The third-order valence-electron chi connectivity index (χ3n) is 4.58. The van der Waals surface area contributed by atoms with Crippen molar-refractivity contribution in [2.24, 2.45) is 5.92 Å². The molecular weight excluding hydrogens is 238 g/mol. The van der Waals surface area contributed by atoms with Gasteiger partial charge in [-0.3, -0.25) is 10.1 Å². The van der Waals surface area contributed by atoms with E-state index in [2.05, 4.69) is 42.8 Å². The van der Waals surface area contributed by atoms with Gasteiger partial charge >= 0.3 is 0 Å². The van der Waals surface area contributed by atoms with Gasteiger partial charge in [0.25, 0.3) is 0 Å². The van der Waals surface area contributed by atoms with Crippen LogP contribution in [0.3, 0.4) is 0 Å². The molecule has 2 fully saturated rings. The fourth-order valence-corrected chi connectivity index (χ4v) is 3.08. The molecule has 1 N–H and O–H groups in total. The van der Waals surface area contributed by atoms with E-state index >= 15 is 0 Å². The number of nitrogens with one attached hydrogen (secondary N) is 1. The van der Waals surface area contributed by atoms with Gasteiger partial charge in [0.1, 0.15) is 0 Å². The number of hydrogen-bond donors (Lipinski definition) is 1. The van der Waals surface area contributed by atoms with Crippen molar-refractivity contribution in [3.05, 3.63) is 0 Å². The molecule has 2 aliphatic rings. The van der Waals surface area contributed by atoms with Crippen LogP contribution in [0.15, 0.2) is 0 Å². The Morgan fingerprint density at radius 2 is 2.00 bits per heavy atom. The predicted octanol–water partition coefficient (Wildman–Crippen LogP) is 1.66. The lowest BCUT2D eigenvalue weighted by Crippen LogP contribution is -2.42. The first kappa shape index (κ1) is 14.8. The first-order chi connectivity index (χ1) is 9.04. The molecule has 19 heavy (non-hydrogen) atoms. The average Bonchev–Trinajstić information content (AvgIpc) is 3.11. The summed E-state index contributed by atoms with van der Waals surface area (Å²) in [6.45, 7) is 13.0. The fraction of sp³-hybridized carbons (Fsp3) is 0.933. The number of amides is 1. The molecule has 0 bridgehead atoms. The van der Waals surface area contributed by atoms with Gasteiger partial charge in [-0.05, 0) is 44.8 Å². The molecule has 1 atom stereocenters. The Morgan fingerprint density at radius 3 is 2.47 bits per heavy atom. The molecule has 1 aliphatic carbocycles. The van der Waals surface area contributed by atoms with Crippen LogP contribution in [0, 0.1) is 5.92 Å². The smallest absolute Gasteiger partial charge is 0.244 e. The normalized spacial score (nSPS) is 25.1. The Kier molecular flexibility index (Phi) is 4.51. The minimum absolute atomic E-state index is 0.163. The summed E-state index contributed by atoms with van der Waals surface area (Å²) in [5, 5.41) is 3.57. The third kappa shape index (κ3) is 2.95. The van der Waals surface area contributed by atoms with Gasteiger partial charge in [-0.15, -0.1) is 0 Å². The first-order valence-electron chi connectivity index (χ1n) is 7.85. The molecule has 4 nitrogen and oxygen atoms in total. The van der Waals surface area contributed by atoms with Gasteiger partial charge < -0.3 is 9.80 Å². The predicted molar refractivity (Wildman–Crippen MR) is 77.8 cm³/mol. The molecule has 1 amide bonds. The van der Waals surface area contributed by atoms with Crippen LogP contribution < -0.4 is 5.32 Å². The summed E-state index contributed by atoms with van der Waals surface area (Å²) >= 11 is 0. The lowest BCUT2D eigenvalue weighted by atomic mass is 10.1. The van der Waals surface area contributed by atoms with E-state index in [4.69, 9.17) is 0 Å². The van der Waals surface area contributed by atoms with E-state index in [1.165, 1.54) is 0 Å². The first-order valence-corrected chi connectivity index (χ1v) is 7.85. The largest absolute Gasteiger partial charge is 0.325 e. The molecule has 1 spiro atoms. The summed E-state index contributed by atoms with van der Waals surface area (Å²) in [6.07, 6.45) is 3.38. The molecule has 110 valence electrons. The number of hydrogen-bond acceptors (Lipinski definition) is 3. The summed E-state index contributed by atoms with van der Waals surface area (Å²) in [5.41, 5.74) is -0.163. The SMILES string of the molecule is CCN(CC)CCCN1C(=O)C2(CC2)NC1C(C)C. The molecule has 4 heteroatoms. The van der Waals surface area contributed by atoms with E-state index in [-0.39, 0.29) is 11.7 Å². The van der Waals surface area contributed by atoms with Crippen molar-refractivity contribution in [2.75, 3.05) is 26.2 Å². The van der Waals surface area contributed by atoms with Crippen LogP contribution in [0.1, 0.15) is 47.0 Å². The Bertz CT molecular complexity index is 321. The van der Waals surface area contributed by atoms with Crippen LogP contribution in [0.5, 0.6) is 0 Å². The molecule has 0 aromatic carbocycles. The quantitative estimate of drug-likeness (QED) is 0.762. The van der Waals surface area contributed by atoms with Gasteiger partial charge in [0.05, 0.1) is 11.7 Å². The molecular formula is C15H29N3O. The highest BCUT2D eigenvalue weighted by molar-refractivity contribution is 5.91. The topological polar surface area (TPSA) is 35.6 Å². The number of carbonyl (C=O) groups is 1. The van der Waals surface area contributed by atoms with Crippen molar-refractivity contribution in [3.8, 4) is 0 Å². The summed E-state index contributed by atoms with van der Waals surface area (Å²) in [7, 11) is 0. The van der Waals surface area contributed by atoms with Crippen LogP contribution in [0.2, 0.25) is 0 Å². The number of nitrogens with zero attached hydrogens (tertiary/aromatic N) is 2. The van der Waals surface area contributed by atoms with Crippen LogP contribution in [0.4, 0.5) is 0 Å². The highest BCUT2D eigenvalue weighted by Gasteiger charge is 2.59. The van der Waals surface area contributed by atoms with Gasteiger partial charge in [0.15, 0.2) is 0 Å². The van der Waals surface area contributed by atoms with Crippen LogP contribution in [-0.2, 0) is 4.79 Å². The van der Waals surface area contributed by atoms with Crippen molar-refractivity contribution >= 4 is 5.91 Å². The Balaban J connectivity index is 1.88. The van der Waals surface area contributed by atoms with E-state index in [0.717, 1.165) is 45.4 Å². The molecule has 0 aromatic heterocycles. The van der Waals surface area contributed by atoms with E-state index in [9.17, 15) is 4.79 Å². The van der Waals surface area contributed by atoms with Gasteiger partial charge in [0, 0.05) is 6.54 Å². The highest BCUT2D eigenvalue weighted by atomic mass is 16.2. The maximum atomic E-state index is 12.5. The van der Waals surface area contributed by atoms with Gasteiger partial charge in [-0.25, -0.2) is 0 Å². The molecule has 1 unspecified atom stereocenters. The van der Waals surface area contributed by atoms with Crippen LogP contribution in [-0.4, -0.2) is 53.6 Å². The third-order valence-corrected chi connectivity index (χ3v) is 4.58. The van der Waals surface area contributed by atoms with Crippen molar-refractivity contribution in [3.63, 3.8) is 0 Å². The number of rotatable bonds is 7. The fourth-order valence-electron chi connectivity index (χ4n) is 3.08. The molecule has 1 aliphatic heterocycles. The molecule has 1 saturated heterocycles. The minimum Gasteiger partial charge on any atom is -0.325 e. The Hall–Kier alpha value is -0.610. The lowest BCUT2D eigenvalue weighted by molar-refractivity contribution is -0.131. The molecule has 0 radical (unpaired) electrons. The highest BCUT2D eigenvalue weighted by Crippen LogP contribution is 2.43. The van der Waals surface area contributed by atoms with Gasteiger partial charge in [-0.1, -0.05) is 27.7 Å². The maximum Gasteiger partial charge on any atom is 0.244 e. The molecule has 2 rings (SSSR count). The second-order valence-corrected chi connectivity index (χ2v) is 6.29. The van der Waals surface area contributed by atoms with E-state index in [0.29, 0.717) is 11.8 Å². The summed E-state index contributed by atoms with van der Waals surface area (Å²) in [4.78, 5) is 17.0. The zero-order chi connectivity index (χ0) is 14.0. The second kappa shape index (κ2) is 5.80. The van der Waals surface area contributed by atoms with Crippen molar-refractivity contribution in [1.29, 1.82) is 0 Å².